The quantitative estimate of drug-likeness (QED) is 0.387. The Morgan fingerprint density at radius 2 is 1.64 bits per heavy atom. The summed E-state index contributed by atoms with van der Waals surface area (Å²) in [5.74, 6) is -6.15. The molecule has 0 bridgehead atoms. The summed E-state index contributed by atoms with van der Waals surface area (Å²) in [7, 11) is -3.97. The Bertz CT molecular complexity index is 1240. The molecule has 0 heterocycles. The molecule has 0 aliphatic heterocycles. The predicted molar refractivity (Wildman–Crippen MR) is 128 cm³/mol. The van der Waals surface area contributed by atoms with Gasteiger partial charge in [0.15, 0.2) is 27.3 Å². The molecule has 36 heavy (non-hydrogen) atoms. The van der Waals surface area contributed by atoms with E-state index in [-0.39, 0.29) is 39.9 Å². The zero-order valence-corrected chi connectivity index (χ0v) is 21.1. The molecule has 0 aromatic heterocycles. The first-order valence-electron chi connectivity index (χ1n) is 11.3. The molecule has 1 unspecified atom stereocenters. The summed E-state index contributed by atoms with van der Waals surface area (Å²) in [6.07, 6.45) is 0.605. The summed E-state index contributed by atoms with van der Waals surface area (Å²) in [4.78, 5) is 24.4. The van der Waals surface area contributed by atoms with Gasteiger partial charge in [0.25, 0.3) is 5.91 Å². The zero-order valence-electron chi connectivity index (χ0n) is 19.6. The number of rotatable bonds is 7. The van der Waals surface area contributed by atoms with E-state index in [1.54, 1.807) is 13.8 Å². The predicted octanol–water partition coefficient (Wildman–Crippen LogP) is 4.62. The van der Waals surface area contributed by atoms with Crippen molar-refractivity contribution in [1.29, 1.82) is 0 Å². The van der Waals surface area contributed by atoms with Crippen LogP contribution in [0.4, 0.5) is 18.9 Å². The molecule has 0 spiro atoms. The van der Waals surface area contributed by atoms with E-state index in [4.69, 9.17) is 22.1 Å². The number of halogens is 4. The topological polar surface area (TPSA) is 116 Å². The van der Waals surface area contributed by atoms with Gasteiger partial charge in [-0.05, 0) is 49.8 Å². The third-order valence-electron chi connectivity index (χ3n) is 6.07. The van der Waals surface area contributed by atoms with Gasteiger partial charge in [0, 0.05) is 23.4 Å². The van der Waals surface area contributed by atoms with E-state index < -0.39 is 56.6 Å². The van der Waals surface area contributed by atoms with Crippen LogP contribution in [0.25, 0.3) is 0 Å². The third kappa shape index (κ3) is 6.19. The van der Waals surface area contributed by atoms with E-state index in [0.29, 0.717) is 25.0 Å². The van der Waals surface area contributed by atoms with Crippen LogP contribution in [0.15, 0.2) is 35.2 Å². The number of carbonyl (C=O) groups is 2. The summed E-state index contributed by atoms with van der Waals surface area (Å²) in [6, 6.07) is 4.00. The van der Waals surface area contributed by atoms with E-state index in [9.17, 15) is 31.2 Å². The van der Waals surface area contributed by atoms with Crippen LogP contribution in [0.5, 0.6) is 0 Å². The normalized spacial score (nSPS) is 19.1. The molecule has 0 saturated heterocycles. The van der Waals surface area contributed by atoms with Crippen LogP contribution in [0.2, 0.25) is 5.02 Å². The largest absolute Gasteiger partial charge is 0.461 e. The van der Waals surface area contributed by atoms with Crippen molar-refractivity contribution in [3.05, 3.63) is 58.4 Å². The van der Waals surface area contributed by atoms with E-state index in [0.717, 1.165) is 6.07 Å². The average Bonchev–Trinajstić information content (AvgIpc) is 2.82. The first-order valence-corrected chi connectivity index (χ1v) is 13.2. The van der Waals surface area contributed by atoms with Gasteiger partial charge in [-0.2, -0.15) is 0 Å². The Morgan fingerprint density at radius 3 is 2.19 bits per heavy atom. The molecule has 196 valence electrons. The molecule has 1 saturated carbocycles. The Labute approximate surface area is 212 Å². The summed E-state index contributed by atoms with van der Waals surface area (Å²) in [5, 5.41) is 1.29. The van der Waals surface area contributed by atoms with Crippen LogP contribution in [0, 0.1) is 23.4 Å². The standard InChI is InChI=1S/C24H26ClF3N2O5S/c1-12(2)22(29)24(32)35-15-4-6-16(7-5-15)36(33,34)20-9-13(3-8-17(20)25)23(31)30-14-10-18(26)21(28)19(27)11-14/h3,8-12,15-16,22H,4-7,29H2,1-2H3,(H,30,31)/t15-,16-,22?. The molecule has 1 aliphatic carbocycles. The lowest BCUT2D eigenvalue weighted by atomic mass is 9.97. The van der Waals surface area contributed by atoms with Crippen LogP contribution in [-0.4, -0.2) is 37.7 Å². The molecule has 1 aliphatic rings. The molecular formula is C24H26ClF3N2O5S. The monoisotopic (exact) mass is 546 g/mol. The minimum absolute atomic E-state index is 0.0954. The molecular weight excluding hydrogens is 521 g/mol. The van der Waals surface area contributed by atoms with Crippen LogP contribution < -0.4 is 11.1 Å². The number of hydrogen-bond acceptors (Lipinski definition) is 6. The van der Waals surface area contributed by atoms with Gasteiger partial charge in [0.05, 0.1) is 15.2 Å². The highest BCUT2D eigenvalue weighted by Gasteiger charge is 2.35. The molecule has 2 aromatic carbocycles. The van der Waals surface area contributed by atoms with Crippen molar-refractivity contribution in [2.45, 2.75) is 61.8 Å². The van der Waals surface area contributed by atoms with Gasteiger partial charge in [-0.25, -0.2) is 21.6 Å². The number of hydrogen-bond donors (Lipinski definition) is 2. The number of esters is 1. The molecule has 1 amide bonds. The van der Waals surface area contributed by atoms with E-state index in [1.165, 1.54) is 12.1 Å². The second-order valence-electron chi connectivity index (χ2n) is 9.00. The molecule has 1 atom stereocenters. The van der Waals surface area contributed by atoms with Gasteiger partial charge >= 0.3 is 5.97 Å². The lowest BCUT2D eigenvalue weighted by molar-refractivity contribution is -0.153. The maximum atomic E-state index is 13.4. The second-order valence-corrected chi connectivity index (χ2v) is 11.6. The first-order chi connectivity index (χ1) is 16.8. The molecule has 2 aromatic rings. The highest BCUT2D eigenvalue weighted by atomic mass is 35.5. The van der Waals surface area contributed by atoms with Gasteiger partial charge in [0.1, 0.15) is 12.1 Å². The second kappa shape index (κ2) is 11.2. The summed E-state index contributed by atoms with van der Waals surface area (Å²) < 4.78 is 72.1. The Balaban J connectivity index is 1.73. The van der Waals surface area contributed by atoms with E-state index in [1.807, 2.05) is 0 Å². The third-order valence-corrected chi connectivity index (χ3v) is 8.82. The number of carbonyl (C=O) groups excluding carboxylic acids is 2. The maximum absolute atomic E-state index is 13.4. The van der Waals surface area contributed by atoms with Gasteiger partial charge in [-0.3, -0.25) is 9.59 Å². The number of nitrogens with one attached hydrogen (secondary N) is 1. The molecule has 12 heteroatoms. The van der Waals surface area contributed by atoms with Crippen molar-refractivity contribution in [3.8, 4) is 0 Å². The molecule has 0 radical (unpaired) electrons. The van der Waals surface area contributed by atoms with Gasteiger partial charge in [-0.1, -0.05) is 25.4 Å². The van der Waals surface area contributed by atoms with Crippen molar-refractivity contribution < 1.29 is 35.9 Å². The van der Waals surface area contributed by atoms with Gasteiger partial charge < -0.3 is 15.8 Å². The fourth-order valence-corrected chi connectivity index (χ4v) is 6.17. The van der Waals surface area contributed by atoms with Crippen LogP contribution in [-0.2, 0) is 19.4 Å². The van der Waals surface area contributed by atoms with Crippen LogP contribution >= 0.6 is 11.6 Å². The van der Waals surface area contributed by atoms with E-state index >= 15 is 0 Å². The fraction of sp³-hybridized carbons (Fsp3) is 0.417. The minimum atomic E-state index is -3.97. The van der Waals surface area contributed by atoms with Crippen LogP contribution in [0.1, 0.15) is 49.9 Å². The Kier molecular flexibility index (Phi) is 8.68. The number of amides is 1. The highest BCUT2D eigenvalue weighted by Crippen LogP contribution is 2.34. The van der Waals surface area contributed by atoms with Gasteiger partial charge in [-0.15, -0.1) is 0 Å². The molecule has 7 nitrogen and oxygen atoms in total. The number of ether oxygens (including phenoxy) is 1. The minimum Gasteiger partial charge on any atom is -0.461 e. The summed E-state index contributed by atoms with van der Waals surface area (Å²) >= 11 is 6.15. The van der Waals surface area contributed by atoms with Gasteiger partial charge in [0.2, 0.25) is 0 Å². The highest BCUT2D eigenvalue weighted by molar-refractivity contribution is 7.92. The van der Waals surface area contributed by atoms with Crippen molar-refractivity contribution in [3.63, 3.8) is 0 Å². The molecule has 3 N–H and O–H groups in total. The van der Waals surface area contributed by atoms with E-state index in [2.05, 4.69) is 5.32 Å². The lowest BCUT2D eigenvalue weighted by Gasteiger charge is -2.29. The number of nitrogens with two attached hydrogens (primary N) is 1. The number of anilines is 1. The van der Waals surface area contributed by atoms with Crippen molar-refractivity contribution in [2.24, 2.45) is 11.7 Å². The molecule has 1 fully saturated rings. The zero-order chi connectivity index (χ0) is 26.8. The van der Waals surface area contributed by atoms with Crippen LogP contribution in [0.3, 0.4) is 0 Å². The van der Waals surface area contributed by atoms with Crippen molar-refractivity contribution in [2.75, 3.05) is 5.32 Å². The van der Waals surface area contributed by atoms with Crippen molar-refractivity contribution in [1.82, 2.24) is 0 Å². The number of sulfone groups is 1. The SMILES string of the molecule is CC(C)C(N)C(=O)O[C@H]1CC[C@H](S(=O)(=O)c2cc(C(=O)Nc3cc(F)c(F)c(F)c3)ccc2Cl)CC1. The molecule has 3 rings (SSSR count). The smallest absolute Gasteiger partial charge is 0.323 e. The Morgan fingerprint density at radius 1 is 1.06 bits per heavy atom. The summed E-state index contributed by atoms with van der Waals surface area (Å²) in [5.41, 5.74) is 5.33. The lowest BCUT2D eigenvalue weighted by Crippen LogP contribution is -2.40. The number of benzene rings is 2. The Hall–Kier alpha value is -2.63. The maximum Gasteiger partial charge on any atom is 0.323 e. The fourth-order valence-electron chi connectivity index (χ4n) is 3.85. The van der Waals surface area contributed by atoms with Crippen molar-refractivity contribution >= 4 is 39.0 Å². The first kappa shape index (κ1) is 27.9. The average molecular weight is 547 g/mol. The summed E-state index contributed by atoms with van der Waals surface area (Å²) in [6.45, 7) is 3.59.